The summed E-state index contributed by atoms with van der Waals surface area (Å²) in [4.78, 5) is 10.6. The standard InChI is InChI=1S/C23H26F3N7O/c1-32(29)18-11-17(31-22(28)21(18)27)15-5-6-19(16(10-15)23(24,25)26)34-9-7-14-12-33(13-14)20-4-2-3-8-30-20/h2-6,8,10-11,14H,7,9,12-13,27,29H2,1H3,(H2,28,31). The van der Waals surface area contributed by atoms with E-state index in [0.29, 0.717) is 18.0 Å². The molecule has 6 N–H and O–H groups in total. The van der Waals surface area contributed by atoms with Crippen molar-refractivity contribution in [1.29, 1.82) is 0 Å². The van der Waals surface area contributed by atoms with E-state index in [1.54, 1.807) is 13.2 Å². The fourth-order valence-corrected chi connectivity index (χ4v) is 3.85. The molecule has 2 aromatic heterocycles. The molecule has 3 aromatic rings. The minimum absolute atomic E-state index is 0.0149. The summed E-state index contributed by atoms with van der Waals surface area (Å²) in [7, 11) is 1.55. The minimum Gasteiger partial charge on any atom is -0.493 e. The molecular weight excluding hydrogens is 447 g/mol. The van der Waals surface area contributed by atoms with Gasteiger partial charge in [0, 0.05) is 31.9 Å². The molecule has 1 aliphatic heterocycles. The second kappa shape index (κ2) is 9.26. The van der Waals surface area contributed by atoms with Gasteiger partial charge >= 0.3 is 6.18 Å². The first-order valence-electron chi connectivity index (χ1n) is 10.7. The number of nitrogen functional groups attached to an aromatic ring is 2. The minimum atomic E-state index is -4.61. The Labute approximate surface area is 195 Å². The van der Waals surface area contributed by atoms with Crippen LogP contribution in [-0.2, 0) is 6.18 Å². The highest BCUT2D eigenvalue weighted by Gasteiger charge is 2.35. The fraction of sp³-hybridized carbons (Fsp3) is 0.304. The Hall–Kier alpha value is -3.73. The Bertz CT molecular complexity index is 1150. The predicted octanol–water partition coefficient (Wildman–Crippen LogP) is 3.54. The monoisotopic (exact) mass is 473 g/mol. The number of halogens is 3. The summed E-state index contributed by atoms with van der Waals surface area (Å²) < 4.78 is 47.0. The van der Waals surface area contributed by atoms with Crippen LogP contribution in [-0.4, -0.2) is 36.7 Å². The Balaban J connectivity index is 1.46. The average Bonchev–Trinajstić information content (AvgIpc) is 2.76. The van der Waals surface area contributed by atoms with Crippen molar-refractivity contribution in [2.45, 2.75) is 12.6 Å². The maximum absolute atomic E-state index is 13.8. The van der Waals surface area contributed by atoms with Crippen LogP contribution in [0.1, 0.15) is 12.0 Å². The molecule has 4 rings (SSSR count). The summed E-state index contributed by atoms with van der Waals surface area (Å²) in [6, 6.07) is 11.0. The van der Waals surface area contributed by atoms with Gasteiger partial charge in [-0.3, -0.25) is 0 Å². The third-order valence-corrected chi connectivity index (χ3v) is 5.74. The molecule has 8 nitrogen and oxygen atoms in total. The molecule has 1 saturated heterocycles. The number of hydrogen-bond donors (Lipinski definition) is 3. The Morgan fingerprint density at radius 1 is 1.15 bits per heavy atom. The number of ether oxygens (including phenoxy) is 1. The third kappa shape index (κ3) is 4.93. The fourth-order valence-electron chi connectivity index (χ4n) is 3.85. The molecule has 1 fully saturated rings. The number of nitrogens with two attached hydrogens (primary N) is 3. The highest BCUT2D eigenvalue weighted by molar-refractivity contribution is 5.81. The number of pyridine rings is 2. The van der Waals surface area contributed by atoms with Gasteiger partial charge in [0.05, 0.1) is 29.2 Å². The highest BCUT2D eigenvalue weighted by atomic mass is 19.4. The first-order valence-corrected chi connectivity index (χ1v) is 10.7. The second-order valence-electron chi connectivity index (χ2n) is 8.24. The Morgan fingerprint density at radius 3 is 2.56 bits per heavy atom. The lowest BCUT2D eigenvalue weighted by molar-refractivity contribution is -0.138. The summed E-state index contributed by atoms with van der Waals surface area (Å²) >= 11 is 0. The van der Waals surface area contributed by atoms with E-state index in [9.17, 15) is 13.2 Å². The zero-order valence-electron chi connectivity index (χ0n) is 18.6. The quantitative estimate of drug-likeness (QED) is 0.352. The van der Waals surface area contributed by atoms with Crippen molar-refractivity contribution in [2.24, 2.45) is 11.8 Å². The zero-order chi connectivity index (χ0) is 24.5. The number of anilines is 4. The summed E-state index contributed by atoms with van der Waals surface area (Å²) in [5.74, 6) is 6.75. The second-order valence-corrected chi connectivity index (χ2v) is 8.24. The maximum Gasteiger partial charge on any atom is 0.419 e. The summed E-state index contributed by atoms with van der Waals surface area (Å²) in [5.41, 5.74) is 11.8. The van der Waals surface area contributed by atoms with E-state index in [4.69, 9.17) is 22.0 Å². The van der Waals surface area contributed by atoms with Gasteiger partial charge in [0.15, 0.2) is 0 Å². The molecule has 3 heterocycles. The molecule has 0 unspecified atom stereocenters. The third-order valence-electron chi connectivity index (χ3n) is 5.74. The van der Waals surface area contributed by atoms with E-state index in [0.717, 1.165) is 25.0 Å². The van der Waals surface area contributed by atoms with Crippen molar-refractivity contribution in [2.75, 3.05) is 48.1 Å². The van der Waals surface area contributed by atoms with E-state index >= 15 is 0 Å². The molecule has 0 amide bonds. The number of rotatable bonds is 7. The van der Waals surface area contributed by atoms with Gasteiger partial charge in [0.25, 0.3) is 0 Å². The van der Waals surface area contributed by atoms with Crippen LogP contribution in [0.5, 0.6) is 5.75 Å². The maximum atomic E-state index is 13.8. The van der Waals surface area contributed by atoms with E-state index in [-0.39, 0.29) is 35.1 Å². The Morgan fingerprint density at radius 2 is 1.91 bits per heavy atom. The van der Waals surface area contributed by atoms with Crippen LogP contribution in [0, 0.1) is 5.92 Å². The first-order chi connectivity index (χ1) is 16.1. The van der Waals surface area contributed by atoms with Gasteiger partial charge in [-0.1, -0.05) is 6.07 Å². The molecule has 0 spiro atoms. The van der Waals surface area contributed by atoms with Crippen LogP contribution < -0.4 is 32.0 Å². The smallest absolute Gasteiger partial charge is 0.419 e. The molecular formula is C23H26F3N7O. The van der Waals surface area contributed by atoms with Gasteiger partial charge in [0.1, 0.15) is 17.4 Å². The molecule has 1 aromatic carbocycles. The Kier molecular flexibility index (Phi) is 6.38. The van der Waals surface area contributed by atoms with Crippen molar-refractivity contribution in [3.8, 4) is 17.0 Å². The van der Waals surface area contributed by atoms with Crippen molar-refractivity contribution >= 4 is 23.0 Å². The molecule has 34 heavy (non-hydrogen) atoms. The van der Waals surface area contributed by atoms with E-state index in [1.165, 1.54) is 23.2 Å². The van der Waals surface area contributed by atoms with Gasteiger partial charge in [-0.2, -0.15) is 13.2 Å². The molecule has 0 bridgehead atoms. The number of aromatic nitrogens is 2. The number of nitrogens with zero attached hydrogens (tertiary/aromatic N) is 4. The van der Waals surface area contributed by atoms with Gasteiger partial charge in [-0.15, -0.1) is 0 Å². The van der Waals surface area contributed by atoms with Gasteiger partial charge in [0.2, 0.25) is 0 Å². The van der Waals surface area contributed by atoms with Crippen LogP contribution in [0.15, 0.2) is 48.7 Å². The molecule has 1 aliphatic rings. The predicted molar refractivity (Wildman–Crippen MR) is 126 cm³/mol. The van der Waals surface area contributed by atoms with Crippen LogP contribution in [0.2, 0.25) is 0 Å². The summed E-state index contributed by atoms with van der Waals surface area (Å²) in [5, 5.41) is 1.23. The highest BCUT2D eigenvalue weighted by Crippen LogP contribution is 2.40. The molecule has 11 heteroatoms. The number of benzene rings is 1. The van der Waals surface area contributed by atoms with Crippen molar-refractivity contribution in [1.82, 2.24) is 9.97 Å². The molecule has 0 atom stereocenters. The van der Waals surface area contributed by atoms with Crippen LogP contribution >= 0.6 is 0 Å². The average molecular weight is 474 g/mol. The lowest BCUT2D eigenvalue weighted by atomic mass is 9.97. The van der Waals surface area contributed by atoms with E-state index in [2.05, 4.69) is 14.9 Å². The van der Waals surface area contributed by atoms with Crippen molar-refractivity contribution < 1.29 is 17.9 Å². The summed E-state index contributed by atoms with van der Waals surface area (Å²) in [6.07, 6.45) is -2.23. The van der Waals surface area contributed by atoms with Gasteiger partial charge in [-0.05, 0) is 48.7 Å². The lowest BCUT2D eigenvalue weighted by Gasteiger charge is -2.40. The number of hydrazine groups is 1. The van der Waals surface area contributed by atoms with Crippen LogP contribution in [0.4, 0.5) is 36.2 Å². The van der Waals surface area contributed by atoms with E-state index < -0.39 is 11.7 Å². The molecule has 0 radical (unpaired) electrons. The molecule has 180 valence electrons. The number of hydrogen-bond acceptors (Lipinski definition) is 8. The first kappa shape index (κ1) is 23.4. The zero-order valence-corrected chi connectivity index (χ0v) is 18.6. The summed E-state index contributed by atoms with van der Waals surface area (Å²) in [6.45, 7) is 1.78. The molecule has 0 saturated carbocycles. The van der Waals surface area contributed by atoms with E-state index in [1.807, 2.05) is 18.2 Å². The van der Waals surface area contributed by atoms with Crippen LogP contribution in [0.25, 0.3) is 11.3 Å². The largest absolute Gasteiger partial charge is 0.493 e. The van der Waals surface area contributed by atoms with Gasteiger partial charge in [-0.25, -0.2) is 15.8 Å². The normalized spacial score (nSPS) is 14.1. The SMILES string of the molecule is CN(N)c1cc(-c2ccc(OCCC3CN(c4ccccn4)C3)c(C(F)(F)F)c2)nc(N)c1N. The number of alkyl halides is 3. The lowest BCUT2D eigenvalue weighted by Crippen LogP contribution is -2.47. The topological polar surface area (TPSA) is 120 Å². The van der Waals surface area contributed by atoms with Gasteiger partial charge < -0.3 is 26.1 Å². The van der Waals surface area contributed by atoms with Crippen LogP contribution in [0.3, 0.4) is 0 Å². The molecule has 0 aliphatic carbocycles. The van der Waals surface area contributed by atoms with Crippen molar-refractivity contribution in [3.05, 3.63) is 54.2 Å². The van der Waals surface area contributed by atoms with Crippen molar-refractivity contribution in [3.63, 3.8) is 0 Å².